The Labute approximate surface area is 159 Å². The molecule has 0 saturated carbocycles. The predicted octanol–water partition coefficient (Wildman–Crippen LogP) is 1.88. The van der Waals surface area contributed by atoms with Crippen LogP contribution in [0.5, 0.6) is 0 Å². The number of carbonyl (C=O) groups is 1. The minimum absolute atomic E-state index is 0.00361. The molecule has 2 aromatic rings. The van der Waals surface area contributed by atoms with E-state index in [1.165, 1.54) is 19.3 Å². The Morgan fingerprint density at radius 3 is 2.78 bits per heavy atom. The van der Waals surface area contributed by atoms with Crippen molar-refractivity contribution in [2.45, 2.75) is 31.4 Å². The molecule has 7 nitrogen and oxygen atoms in total. The Morgan fingerprint density at radius 1 is 1.22 bits per heavy atom. The molecule has 144 valence electrons. The Balaban J connectivity index is 1.61. The van der Waals surface area contributed by atoms with Crippen LogP contribution in [-0.4, -0.2) is 69.4 Å². The van der Waals surface area contributed by atoms with E-state index in [1.54, 1.807) is 23.1 Å². The average molecular weight is 369 g/mol. The Kier molecular flexibility index (Phi) is 5.50. The molecule has 2 saturated heterocycles. The zero-order valence-electron chi connectivity index (χ0n) is 15.8. The molecule has 0 aliphatic carbocycles. The van der Waals surface area contributed by atoms with Crippen LogP contribution >= 0.6 is 0 Å². The van der Waals surface area contributed by atoms with Crippen LogP contribution in [0, 0.1) is 0 Å². The van der Waals surface area contributed by atoms with E-state index in [0.29, 0.717) is 18.7 Å². The van der Waals surface area contributed by atoms with Crippen molar-refractivity contribution in [1.82, 2.24) is 24.6 Å². The molecule has 0 spiro atoms. The SMILES string of the molecule is Cn1cc([C@H]2[C@H](CN3CCCCC3)OCCN2C(=O)c2cccnc2)cn1. The molecule has 27 heavy (non-hydrogen) atoms. The number of aromatic nitrogens is 3. The van der Waals surface area contributed by atoms with Gasteiger partial charge in [-0.1, -0.05) is 6.42 Å². The van der Waals surface area contributed by atoms with Crippen molar-refractivity contribution in [3.05, 3.63) is 48.0 Å². The van der Waals surface area contributed by atoms with Crippen LogP contribution in [0.3, 0.4) is 0 Å². The number of hydrogen-bond acceptors (Lipinski definition) is 5. The molecule has 2 atom stereocenters. The molecular weight excluding hydrogens is 342 g/mol. The van der Waals surface area contributed by atoms with Crippen LogP contribution in [0.25, 0.3) is 0 Å². The first-order valence-corrected chi connectivity index (χ1v) is 9.76. The third-order valence-electron chi connectivity index (χ3n) is 5.47. The van der Waals surface area contributed by atoms with Crippen molar-refractivity contribution in [2.24, 2.45) is 7.05 Å². The second-order valence-electron chi connectivity index (χ2n) is 7.40. The molecule has 4 rings (SSSR count). The molecule has 7 heteroatoms. The van der Waals surface area contributed by atoms with Crippen LogP contribution in [0.2, 0.25) is 0 Å². The van der Waals surface area contributed by atoms with Crippen molar-refractivity contribution >= 4 is 5.91 Å². The second kappa shape index (κ2) is 8.19. The summed E-state index contributed by atoms with van der Waals surface area (Å²) in [6.07, 6.45) is 10.9. The minimum Gasteiger partial charge on any atom is -0.373 e. The van der Waals surface area contributed by atoms with Gasteiger partial charge in [-0.2, -0.15) is 5.10 Å². The molecule has 4 heterocycles. The van der Waals surface area contributed by atoms with Crippen molar-refractivity contribution in [2.75, 3.05) is 32.8 Å². The molecular formula is C20H27N5O2. The molecule has 0 N–H and O–H groups in total. The first-order chi connectivity index (χ1) is 13.2. The smallest absolute Gasteiger partial charge is 0.256 e. The van der Waals surface area contributed by atoms with E-state index >= 15 is 0 Å². The van der Waals surface area contributed by atoms with Gasteiger partial charge in [0.2, 0.25) is 0 Å². The quantitative estimate of drug-likeness (QED) is 0.823. The summed E-state index contributed by atoms with van der Waals surface area (Å²) in [5.74, 6) is 0.00361. The summed E-state index contributed by atoms with van der Waals surface area (Å²) in [5.41, 5.74) is 1.64. The summed E-state index contributed by atoms with van der Waals surface area (Å²) in [6.45, 7) is 4.19. The largest absolute Gasteiger partial charge is 0.373 e. The van der Waals surface area contributed by atoms with Crippen LogP contribution in [0.1, 0.15) is 41.2 Å². The van der Waals surface area contributed by atoms with Gasteiger partial charge in [0.25, 0.3) is 5.91 Å². The van der Waals surface area contributed by atoms with Gasteiger partial charge in [0.05, 0.1) is 30.5 Å². The van der Waals surface area contributed by atoms with Gasteiger partial charge in [0, 0.05) is 44.3 Å². The van der Waals surface area contributed by atoms with Crippen molar-refractivity contribution in [3.63, 3.8) is 0 Å². The number of aryl methyl sites for hydroxylation is 1. The molecule has 0 bridgehead atoms. The first kappa shape index (κ1) is 18.1. The fraction of sp³-hybridized carbons (Fsp3) is 0.550. The Morgan fingerprint density at radius 2 is 2.07 bits per heavy atom. The van der Waals surface area contributed by atoms with Crippen LogP contribution in [0.4, 0.5) is 0 Å². The van der Waals surface area contributed by atoms with E-state index in [-0.39, 0.29) is 18.1 Å². The Bertz CT molecular complexity index is 757. The van der Waals surface area contributed by atoms with E-state index < -0.39 is 0 Å². The molecule has 1 amide bonds. The van der Waals surface area contributed by atoms with E-state index in [4.69, 9.17) is 4.74 Å². The number of pyridine rings is 1. The van der Waals surface area contributed by atoms with Crippen molar-refractivity contribution < 1.29 is 9.53 Å². The highest BCUT2D eigenvalue weighted by molar-refractivity contribution is 5.94. The lowest BCUT2D eigenvalue weighted by Crippen LogP contribution is -2.52. The first-order valence-electron chi connectivity index (χ1n) is 9.76. The average Bonchev–Trinajstić information content (AvgIpc) is 3.14. The summed E-state index contributed by atoms with van der Waals surface area (Å²) in [7, 11) is 1.90. The normalized spacial score (nSPS) is 24.1. The van der Waals surface area contributed by atoms with Gasteiger partial charge >= 0.3 is 0 Å². The summed E-state index contributed by atoms with van der Waals surface area (Å²) < 4.78 is 7.97. The molecule has 2 aliphatic heterocycles. The van der Waals surface area contributed by atoms with Crippen LogP contribution in [-0.2, 0) is 11.8 Å². The van der Waals surface area contributed by atoms with E-state index in [9.17, 15) is 4.79 Å². The third-order valence-corrected chi connectivity index (χ3v) is 5.47. The van der Waals surface area contributed by atoms with E-state index in [2.05, 4.69) is 15.0 Å². The number of rotatable bonds is 4. The van der Waals surface area contributed by atoms with Gasteiger partial charge in [-0.05, 0) is 38.1 Å². The standard InChI is InChI=1S/C20H27N5O2/c1-23-14-17(13-22-23)19-18(15-24-8-3-2-4-9-24)27-11-10-25(19)20(26)16-6-5-7-21-12-16/h5-7,12-14,18-19H,2-4,8-11,15H2,1H3/t18-,19-/m0/s1. The van der Waals surface area contributed by atoms with Gasteiger partial charge in [-0.3, -0.25) is 14.5 Å². The molecule has 2 aliphatic rings. The lowest BCUT2D eigenvalue weighted by molar-refractivity contribution is -0.0741. The number of ether oxygens (including phenoxy) is 1. The summed E-state index contributed by atoms with van der Waals surface area (Å²) in [6, 6.07) is 3.49. The Hall–Kier alpha value is -2.25. The molecule has 0 unspecified atom stereocenters. The summed E-state index contributed by atoms with van der Waals surface area (Å²) >= 11 is 0. The lowest BCUT2D eigenvalue weighted by atomic mass is 9.98. The summed E-state index contributed by atoms with van der Waals surface area (Å²) in [5, 5.41) is 4.34. The van der Waals surface area contributed by atoms with Gasteiger partial charge in [-0.15, -0.1) is 0 Å². The molecule has 2 aromatic heterocycles. The maximum atomic E-state index is 13.2. The number of hydrogen-bond donors (Lipinski definition) is 0. The van der Waals surface area contributed by atoms with E-state index in [0.717, 1.165) is 25.2 Å². The zero-order valence-corrected chi connectivity index (χ0v) is 15.8. The maximum absolute atomic E-state index is 13.2. The van der Waals surface area contributed by atoms with E-state index in [1.807, 2.05) is 30.4 Å². The monoisotopic (exact) mass is 369 g/mol. The van der Waals surface area contributed by atoms with Gasteiger partial charge in [-0.25, -0.2) is 0 Å². The molecule has 0 aromatic carbocycles. The van der Waals surface area contributed by atoms with Gasteiger partial charge in [0.1, 0.15) is 0 Å². The number of carbonyl (C=O) groups excluding carboxylic acids is 1. The number of morpholine rings is 1. The highest BCUT2D eigenvalue weighted by atomic mass is 16.5. The van der Waals surface area contributed by atoms with Crippen LogP contribution < -0.4 is 0 Å². The lowest BCUT2D eigenvalue weighted by Gasteiger charge is -2.43. The summed E-state index contributed by atoms with van der Waals surface area (Å²) in [4.78, 5) is 21.7. The molecule has 2 fully saturated rings. The van der Waals surface area contributed by atoms with Gasteiger partial charge in [0.15, 0.2) is 0 Å². The number of likely N-dealkylation sites (tertiary alicyclic amines) is 1. The zero-order chi connectivity index (χ0) is 18.6. The number of nitrogens with zero attached hydrogens (tertiary/aromatic N) is 5. The minimum atomic E-state index is -0.137. The fourth-order valence-electron chi connectivity index (χ4n) is 4.15. The van der Waals surface area contributed by atoms with Crippen LogP contribution in [0.15, 0.2) is 36.9 Å². The fourth-order valence-corrected chi connectivity index (χ4v) is 4.15. The maximum Gasteiger partial charge on any atom is 0.256 e. The number of amides is 1. The third kappa shape index (κ3) is 4.04. The number of piperidine rings is 1. The topological polar surface area (TPSA) is 63.5 Å². The highest BCUT2D eigenvalue weighted by Gasteiger charge is 2.38. The highest BCUT2D eigenvalue weighted by Crippen LogP contribution is 2.31. The van der Waals surface area contributed by atoms with Crippen molar-refractivity contribution in [1.29, 1.82) is 0 Å². The van der Waals surface area contributed by atoms with Gasteiger partial charge < -0.3 is 14.5 Å². The second-order valence-corrected chi connectivity index (χ2v) is 7.40. The van der Waals surface area contributed by atoms with Crippen molar-refractivity contribution in [3.8, 4) is 0 Å². The molecule has 0 radical (unpaired) electrons. The predicted molar refractivity (Wildman–Crippen MR) is 101 cm³/mol.